The average Bonchev–Trinajstić information content (AvgIpc) is 2.72. The highest BCUT2D eigenvalue weighted by Gasteiger charge is 2.31. The van der Waals surface area contributed by atoms with E-state index in [0.29, 0.717) is 18.0 Å². The minimum atomic E-state index is -3.57. The lowest BCUT2D eigenvalue weighted by Crippen LogP contribution is -2.52. The van der Waals surface area contributed by atoms with Gasteiger partial charge in [0.1, 0.15) is 0 Å². The van der Waals surface area contributed by atoms with E-state index in [1.54, 1.807) is 24.0 Å². The fourth-order valence-electron chi connectivity index (χ4n) is 4.19. The van der Waals surface area contributed by atoms with Gasteiger partial charge in [-0.05, 0) is 38.3 Å². The van der Waals surface area contributed by atoms with E-state index in [0.717, 1.165) is 36.8 Å². The predicted octanol–water partition coefficient (Wildman–Crippen LogP) is 1.83. The molecule has 1 saturated carbocycles. The van der Waals surface area contributed by atoms with Gasteiger partial charge in [0.25, 0.3) is 0 Å². The third-order valence-corrected chi connectivity index (χ3v) is 7.99. The molecule has 0 radical (unpaired) electrons. The molecule has 8 heteroatoms. The molecule has 1 aromatic carbocycles. The van der Waals surface area contributed by atoms with Crippen LogP contribution in [0.25, 0.3) is 0 Å². The summed E-state index contributed by atoms with van der Waals surface area (Å²) in [6.45, 7) is 4.91. The molecule has 1 saturated heterocycles. The Labute approximate surface area is 173 Å². The minimum absolute atomic E-state index is 0.0147. The van der Waals surface area contributed by atoms with Crippen molar-refractivity contribution >= 4 is 21.8 Å². The Bertz CT molecular complexity index is 855. The number of sulfonamides is 1. The number of piperazine rings is 1. The molecule has 2 fully saturated rings. The van der Waals surface area contributed by atoms with Crippen LogP contribution < -0.4 is 5.32 Å². The summed E-state index contributed by atoms with van der Waals surface area (Å²) in [5.74, 6) is -0.164. The van der Waals surface area contributed by atoms with E-state index in [1.807, 2.05) is 13.0 Å². The molecule has 160 valence electrons. The molecule has 1 N–H and O–H groups in total. The number of hydrogen-bond acceptors (Lipinski definition) is 4. The van der Waals surface area contributed by atoms with E-state index in [4.69, 9.17) is 0 Å². The van der Waals surface area contributed by atoms with Gasteiger partial charge in [0, 0.05) is 32.1 Å². The average molecular weight is 422 g/mol. The van der Waals surface area contributed by atoms with E-state index in [9.17, 15) is 18.0 Å². The van der Waals surface area contributed by atoms with Crippen LogP contribution in [0.1, 0.15) is 43.2 Å². The molecule has 29 heavy (non-hydrogen) atoms. The van der Waals surface area contributed by atoms with E-state index in [-0.39, 0.29) is 37.4 Å². The first-order chi connectivity index (χ1) is 13.8. The first kappa shape index (κ1) is 21.8. The maximum absolute atomic E-state index is 13.0. The zero-order valence-electron chi connectivity index (χ0n) is 17.3. The second kappa shape index (κ2) is 9.26. The number of carbonyl (C=O) groups excluding carboxylic acids is 2. The summed E-state index contributed by atoms with van der Waals surface area (Å²) >= 11 is 0. The van der Waals surface area contributed by atoms with Gasteiger partial charge in [-0.1, -0.05) is 37.0 Å². The summed E-state index contributed by atoms with van der Waals surface area (Å²) in [5.41, 5.74) is 1.75. The predicted molar refractivity (Wildman–Crippen MR) is 111 cm³/mol. The van der Waals surface area contributed by atoms with Gasteiger partial charge in [0.15, 0.2) is 0 Å². The van der Waals surface area contributed by atoms with E-state index >= 15 is 0 Å². The van der Waals surface area contributed by atoms with Crippen LogP contribution in [0, 0.1) is 19.8 Å². The molecule has 2 amide bonds. The van der Waals surface area contributed by atoms with Crippen molar-refractivity contribution in [2.45, 2.75) is 50.8 Å². The molecule has 2 aliphatic rings. The molecule has 7 nitrogen and oxygen atoms in total. The number of rotatable bonds is 5. The summed E-state index contributed by atoms with van der Waals surface area (Å²) in [6, 6.07) is 5.31. The number of amides is 2. The Morgan fingerprint density at radius 2 is 1.69 bits per heavy atom. The monoisotopic (exact) mass is 421 g/mol. The summed E-state index contributed by atoms with van der Waals surface area (Å²) in [5, 5.41) is 2.77. The van der Waals surface area contributed by atoms with Gasteiger partial charge in [-0.3, -0.25) is 9.59 Å². The zero-order chi connectivity index (χ0) is 21.0. The van der Waals surface area contributed by atoms with Gasteiger partial charge in [-0.25, -0.2) is 8.42 Å². The molecule has 1 heterocycles. The fourth-order valence-corrected chi connectivity index (χ4v) is 5.82. The summed E-state index contributed by atoms with van der Waals surface area (Å²) in [7, 11) is -3.57. The molecule has 0 atom stereocenters. The van der Waals surface area contributed by atoms with E-state index in [1.165, 1.54) is 10.7 Å². The van der Waals surface area contributed by atoms with Crippen molar-refractivity contribution in [2.24, 2.45) is 5.92 Å². The molecule has 0 spiro atoms. The number of benzene rings is 1. The molecule has 0 bridgehead atoms. The normalized spacial score (nSPS) is 19.2. The molecule has 0 unspecified atom stereocenters. The Balaban J connectivity index is 1.51. The van der Waals surface area contributed by atoms with E-state index in [2.05, 4.69) is 5.32 Å². The Hall–Kier alpha value is -1.93. The lowest BCUT2D eigenvalue weighted by molar-refractivity contribution is -0.135. The van der Waals surface area contributed by atoms with Crippen molar-refractivity contribution in [1.29, 1.82) is 0 Å². The van der Waals surface area contributed by atoms with Crippen LogP contribution in [0.5, 0.6) is 0 Å². The van der Waals surface area contributed by atoms with Gasteiger partial charge < -0.3 is 10.2 Å². The van der Waals surface area contributed by atoms with Crippen LogP contribution in [0.2, 0.25) is 0 Å². The molecule has 3 rings (SSSR count). The number of nitrogens with zero attached hydrogens (tertiary/aromatic N) is 2. The highest BCUT2D eigenvalue weighted by molar-refractivity contribution is 7.89. The lowest BCUT2D eigenvalue weighted by atomic mass is 9.89. The number of carbonyl (C=O) groups is 2. The molecule has 1 aliphatic carbocycles. The van der Waals surface area contributed by atoms with Crippen molar-refractivity contribution in [2.75, 3.05) is 32.7 Å². The zero-order valence-corrected chi connectivity index (χ0v) is 18.1. The Morgan fingerprint density at radius 1 is 1.03 bits per heavy atom. The second-order valence-electron chi connectivity index (χ2n) is 8.11. The number of hydrogen-bond donors (Lipinski definition) is 1. The lowest BCUT2D eigenvalue weighted by Gasteiger charge is -2.34. The van der Waals surface area contributed by atoms with Crippen LogP contribution >= 0.6 is 0 Å². The largest absolute Gasteiger partial charge is 0.347 e. The highest BCUT2D eigenvalue weighted by atomic mass is 32.2. The number of aryl methyl sites for hydroxylation is 2. The van der Waals surface area contributed by atoms with E-state index < -0.39 is 10.0 Å². The van der Waals surface area contributed by atoms with Crippen LogP contribution in [0.3, 0.4) is 0 Å². The third-order valence-electron chi connectivity index (χ3n) is 5.93. The Kier molecular flexibility index (Phi) is 6.95. The van der Waals surface area contributed by atoms with Gasteiger partial charge in [-0.15, -0.1) is 0 Å². The van der Waals surface area contributed by atoms with Crippen molar-refractivity contribution in [3.63, 3.8) is 0 Å². The minimum Gasteiger partial charge on any atom is -0.347 e. The topological polar surface area (TPSA) is 86.8 Å². The molecule has 1 aliphatic heterocycles. The molecule has 1 aromatic rings. The van der Waals surface area contributed by atoms with Gasteiger partial charge in [-0.2, -0.15) is 4.31 Å². The third kappa shape index (κ3) is 5.17. The SMILES string of the molecule is Cc1ccc(S(=O)(=O)N2CCN(C(=O)CNC(=O)C3CCCCC3)CC2)c(C)c1. The number of nitrogens with one attached hydrogen (secondary N) is 1. The first-order valence-corrected chi connectivity index (χ1v) is 11.9. The molecule has 0 aromatic heterocycles. The maximum Gasteiger partial charge on any atom is 0.243 e. The smallest absolute Gasteiger partial charge is 0.243 e. The van der Waals surface area contributed by atoms with Crippen molar-refractivity contribution < 1.29 is 18.0 Å². The maximum atomic E-state index is 13.0. The fraction of sp³-hybridized carbons (Fsp3) is 0.619. The van der Waals surface area contributed by atoms with Crippen LogP contribution in [-0.2, 0) is 19.6 Å². The van der Waals surface area contributed by atoms with Crippen molar-refractivity contribution in [1.82, 2.24) is 14.5 Å². The first-order valence-electron chi connectivity index (χ1n) is 10.4. The summed E-state index contributed by atoms with van der Waals surface area (Å²) < 4.78 is 27.3. The van der Waals surface area contributed by atoms with Crippen molar-refractivity contribution in [3.8, 4) is 0 Å². The van der Waals surface area contributed by atoms with Gasteiger partial charge in [0.2, 0.25) is 21.8 Å². The standard InChI is InChI=1S/C21H31N3O4S/c1-16-8-9-19(17(2)14-16)29(27,28)24-12-10-23(11-13-24)20(25)15-22-21(26)18-6-4-3-5-7-18/h8-9,14,18H,3-7,10-13,15H2,1-2H3,(H,22,26). The summed E-state index contributed by atoms with van der Waals surface area (Å²) in [6.07, 6.45) is 5.12. The van der Waals surface area contributed by atoms with Crippen molar-refractivity contribution in [3.05, 3.63) is 29.3 Å². The van der Waals surface area contributed by atoms with Crippen LogP contribution in [0.4, 0.5) is 0 Å². The quantitative estimate of drug-likeness (QED) is 0.786. The second-order valence-corrected chi connectivity index (χ2v) is 10.0. The molecular formula is C21H31N3O4S. The van der Waals surface area contributed by atoms with Gasteiger partial charge >= 0.3 is 0 Å². The van der Waals surface area contributed by atoms with Crippen LogP contribution in [0.15, 0.2) is 23.1 Å². The molecular weight excluding hydrogens is 390 g/mol. The summed E-state index contributed by atoms with van der Waals surface area (Å²) in [4.78, 5) is 26.6. The van der Waals surface area contributed by atoms with Crippen LogP contribution in [-0.4, -0.2) is 62.2 Å². The Morgan fingerprint density at radius 3 is 2.31 bits per heavy atom. The van der Waals surface area contributed by atoms with Gasteiger partial charge in [0.05, 0.1) is 11.4 Å². The highest BCUT2D eigenvalue weighted by Crippen LogP contribution is 2.24.